The lowest BCUT2D eigenvalue weighted by atomic mass is 10.1. The van der Waals surface area contributed by atoms with Crippen LogP contribution in [0, 0.1) is 25.6 Å². The second kappa shape index (κ2) is 8.79. The third-order valence-electron chi connectivity index (χ3n) is 4.37. The minimum absolute atomic E-state index is 0.0781. The summed E-state index contributed by atoms with van der Waals surface area (Å²) in [7, 11) is 0. The maximum absolute atomic E-state index is 13.2. The summed E-state index contributed by atoms with van der Waals surface area (Å²) < 4.78 is 14.9. The van der Waals surface area contributed by atoms with Crippen LogP contribution in [0.5, 0.6) is 0 Å². The van der Waals surface area contributed by atoms with Crippen molar-refractivity contribution in [2.75, 3.05) is 13.1 Å². The molecule has 0 bridgehead atoms. The second-order valence-corrected chi connectivity index (χ2v) is 7.09. The fourth-order valence-corrected chi connectivity index (χ4v) is 3.02. The number of rotatable bonds is 8. The molecule has 0 spiro atoms. The number of amides is 1. The average Bonchev–Trinajstić information content (AvgIpc) is 2.87. The first-order valence-corrected chi connectivity index (χ1v) is 8.99. The zero-order chi connectivity index (χ0) is 20.1. The van der Waals surface area contributed by atoms with E-state index in [9.17, 15) is 14.0 Å². The topological polar surface area (TPSA) is 75.4 Å². The highest BCUT2D eigenvalue weighted by atomic mass is 19.1. The molecule has 1 aromatic heterocycles. The fourth-order valence-electron chi connectivity index (χ4n) is 3.02. The van der Waals surface area contributed by atoms with Crippen molar-refractivity contribution in [1.29, 1.82) is 0 Å². The van der Waals surface area contributed by atoms with Crippen LogP contribution >= 0.6 is 0 Å². The number of halogens is 1. The van der Waals surface area contributed by atoms with Gasteiger partial charge in [-0.25, -0.2) is 9.07 Å². The van der Waals surface area contributed by atoms with Crippen LogP contribution in [-0.2, 0) is 16.0 Å². The summed E-state index contributed by atoms with van der Waals surface area (Å²) in [5.41, 5.74) is 3.08. The Morgan fingerprint density at radius 3 is 2.41 bits per heavy atom. The molecule has 0 aliphatic carbocycles. The Bertz CT molecular complexity index is 813. The molecule has 0 atom stereocenters. The van der Waals surface area contributed by atoms with Crippen LogP contribution in [0.1, 0.15) is 37.2 Å². The minimum atomic E-state index is -0.923. The lowest BCUT2D eigenvalue weighted by molar-refractivity contribution is -0.138. The molecule has 0 aliphatic heterocycles. The molecule has 1 amide bonds. The summed E-state index contributed by atoms with van der Waals surface area (Å²) >= 11 is 0. The molecule has 1 heterocycles. The van der Waals surface area contributed by atoms with Crippen LogP contribution in [0.3, 0.4) is 0 Å². The summed E-state index contributed by atoms with van der Waals surface area (Å²) in [5, 5.41) is 13.4. The molecule has 2 aromatic rings. The molecule has 0 fully saturated rings. The molecule has 0 radical (unpaired) electrons. The van der Waals surface area contributed by atoms with Gasteiger partial charge in [-0.1, -0.05) is 13.8 Å². The summed E-state index contributed by atoms with van der Waals surface area (Å²) in [6, 6.07) is 6.01. The summed E-state index contributed by atoms with van der Waals surface area (Å²) in [6.45, 7) is 8.39. The number of benzene rings is 1. The van der Waals surface area contributed by atoms with Gasteiger partial charge in [0.2, 0.25) is 5.91 Å². The number of aromatic nitrogens is 2. The number of hydrogen-bond donors (Lipinski definition) is 1. The Balaban J connectivity index is 2.23. The van der Waals surface area contributed by atoms with E-state index in [0.717, 1.165) is 22.6 Å². The van der Waals surface area contributed by atoms with Crippen molar-refractivity contribution in [3.05, 3.63) is 47.0 Å². The van der Waals surface area contributed by atoms with Crippen LogP contribution in [0.2, 0.25) is 0 Å². The molecule has 0 saturated heterocycles. The van der Waals surface area contributed by atoms with Crippen LogP contribution in [0.25, 0.3) is 5.69 Å². The molecule has 1 N–H and O–H groups in total. The molecule has 27 heavy (non-hydrogen) atoms. The van der Waals surface area contributed by atoms with Gasteiger partial charge in [0.1, 0.15) is 5.82 Å². The van der Waals surface area contributed by atoms with E-state index in [1.165, 1.54) is 12.1 Å². The van der Waals surface area contributed by atoms with Crippen molar-refractivity contribution in [2.45, 2.75) is 40.5 Å². The first-order valence-electron chi connectivity index (χ1n) is 8.99. The van der Waals surface area contributed by atoms with Crippen molar-refractivity contribution in [3.63, 3.8) is 0 Å². The summed E-state index contributed by atoms with van der Waals surface area (Å²) in [4.78, 5) is 25.3. The Hall–Kier alpha value is -2.70. The Morgan fingerprint density at radius 1 is 1.22 bits per heavy atom. The molecule has 6 nitrogen and oxygen atoms in total. The lowest BCUT2D eigenvalue weighted by Gasteiger charge is -2.24. The monoisotopic (exact) mass is 375 g/mol. The van der Waals surface area contributed by atoms with Gasteiger partial charge in [-0.2, -0.15) is 5.10 Å². The van der Waals surface area contributed by atoms with Crippen LogP contribution in [0.15, 0.2) is 24.3 Å². The second-order valence-electron chi connectivity index (χ2n) is 7.09. The molecule has 7 heteroatoms. The smallest absolute Gasteiger partial charge is 0.305 e. The van der Waals surface area contributed by atoms with E-state index in [4.69, 9.17) is 5.11 Å². The Morgan fingerprint density at radius 2 is 1.85 bits per heavy atom. The number of hydrogen-bond acceptors (Lipinski definition) is 3. The fraction of sp³-hybridized carbons (Fsp3) is 0.450. The number of aliphatic carboxylic acids is 1. The quantitative estimate of drug-likeness (QED) is 0.769. The summed E-state index contributed by atoms with van der Waals surface area (Å²) in [6.07, 6.45) is 0.0798. The third kappa shape index (κ3) is 5.39. The highest BCUT2D eigenvalue weighted by Gasteiger charge is 2.21. The average molecular weight is 375 g/mol. The van der Waals surface area contributed by atoms with E-state index in [0.29, 0.717) is 6.54 Å². The molecule has 146 valence electrons. The molecule has 0 aliphatic rings. The van der Waals surface area contributed by atoms with Crippen molar-refractivity contribution >= 4 is 11.9 Å². The number of carbonyl (C=O) groups excluding carboxylic acids is 1. The van der Waals surface area contributed by atoms with E-state index in [1.54, 1.807) is 21.7 Å². The first-order chi connectivity index (χ1) is 12.7. The van der Waals surface area contributed by atoms with Gasteiger partial charge in [0.15, 0.2) is 0 Å². The third-order valence-corrected chi connectivity index (χ3v) is 4.37. The predicted molar refractivity (Wildman–Crippen MR) is 100 cm³/mol. The normalized spacial score (nSPS) is 11.0. The highest BCUT2D eigenvalue weighted by Crippen LogP contribution is 2.20. The number of carboxylic acid groups (broad SMARTS) is 1. The number of aryl methyl sites for hydroxylation is 1. The standard InChI is InChI=1S/C20H26FN3O3/c1-13(2)12-23(10-9-20(26)27)19(25)11-18-14(3)22-24(15(18)4)17-7-5-16(21)6-8-17/h5-8,13H,9-12H2,1-4H3,(H,26,27). The van der Waals surface area contributed by atoms with Crippen molar-refractivity contribution in [3.8, 4) is 5.69 Å². The SMILES string of the molecule is Cc1nn(-c2ccc(F)cc2)c(C)c1CC(=O)N(CCC(=O)O)CC(C)C. The molecule has 2 rings (SSSR count). The van der Waals surface area contributed by atoms with Crippen LogP contribution in [0.4, 0.5) is 4.39 Å². The zero-order valence-corrected chi connectivity index (χ0v) is 16.2. The van der Waals surface area contributed by atoms with E-state index in [2.05, 4.69) is 5.10 Å². The van der Waals surface area contributed by atoms with Gasteiger partial charge in [0.05, 0.1) is 24.2 Å². The van der Waals surface area contributed by atoms with Crippen molar-refractivity contribution < 1.29 is 19.1 Å². The summed E-state index contributed by atoms with van der Waals surface area (Å²) in [5.74, 6) is -1.12. The largest absolute Gasteiger partial charge is 0.481 e. The molecule has 0 saturated carbocycles. The number of carbonyl (C=O) groups is 2. The number of carboxylic acids is 1. The maximum Gasteiger partial charge on any atom is 0.305 e. The zero-order valence-electron chi connectivity index (χ0n) is 16.2. The maximum atomic E-state index is 13.2. The van der Waals surface area contributed by atoms with Gasteiger partial charge in [-0.15, -0.1) is 0 Å². The van der Waals surface area contributed by atoms with Gasteiger partial charge in [0.25, 0.3) is 0 Å². The van der Waals surface area contributed by atoms with Crippen molar-refractivity contribution in [2.24, 2.45) is 5.92 Å². The highest BCUT2D eigenvalue weighted by molar-refractivity contribution is 5.80. The molecule has 0 unspecified atom stereocenters. The van der Waals surface area contributed by atoms with Gasteiger partial charge in [-0.05, 0) is 44.0 Å². The van der Waals surface area contributed by atoms with E-state index in [-0.39, 0.29) is 37.0 Å². The predicted octanol–water partition coefficient (Wildman–Crippen LogP) is 3.13. The van der Waals surface area contributed by atoms with Crippen LogP contribution in [-0.4, -0.2) is 44.8 Å². The van der Waals surface area contributed by atoms with Gasteiger partial charge in [-0.3, -0.25) is 9.59 Å². The Kier molecular flexibility index (Phi) is 6.71. The van der Waals surface area contributed by atoms with Gasteiger partial charge in [0, 0.05) is 24.3 Å². The van der Waals surface area contributed by atoms with E-state index in [1.807, 2.05) is 27.7 Å². The Labute approximate surface area is 158 Å². The molecular weight excluding hydrogens is 349 g/mol. The lowest BCUT2D eigenvalue weighted by Crippen LogP contribution is -2.37. The van der Waals surface area contributed by atoms with Crippen LogP contribution < -0.4 is 0 Å². The number of nitrogens with zero attached hydrogens (tertiary/aromatic N) is 3. The molecule has 1 aromatic carbocycles. The van der Waals surface area contributed by atoms with E-state index < -0.39 is 5.97 Å². The van der Waals surface area contributed by atoms with Gasteiger partial charge < -0.3 is 10.0 Å². The van der Waals surface area contributed by atoms with Gasteiger partial charge >= 0.3 is 5.97 Å². The van der Waals surface area contributed by atoms with Crippen molar-refractivity contribution in [1.82, 2.24) is 14.7 Å². The first kappa shape index (κ1) is 20.6. The van der Waals surface area contributed by atoms with E-state index >= 15 is 0 Å². The minimum Gasteiger partial charge on any atom is -0.481 e. The molecular formula is C20H26FN3O3.